The number of phenols is 1. The first-order valence-electron chi connectivity index (χ1n) is 12.8. The van der Waals surface area contributed by atoms with Gasteiger partial charge in [0.2, 0.25) is 0 Å². The molecule has 196 valence electrons. The number of phenolic OH excluding ortho intramolecular Hbond substituents is 1. The molecule has 2 aromatic heterocycles. The number of aromatic hydroxyl groups is 1. The molecule has 0 radical (unpaired) electrons. The molecule has 2 heterocycles. The lowest BCUT2D eigenvalue weighted by molar-refractivity contribution is 0.260. The Morgan fingerprint density at radius 1 is 0.872 bits per heavy atom. The van der Waals surface area contributed by atoms with E-state index < -0.39 is 0 Å². The molecule has 6 aromatic rings. The summed E-state index contributed by atoms with van der Waals surface area (Å²) in [5.74, 6) is 0.407. The van der Waals surface area contributed by atoms with Crippen molar-refractivity contribution in [2.75, 3.05) is 27.2 Å². The monoisotopic (exact) mass is 520 g/mol. The summed E-state index contributed by atoms with van der Waals surface area (Å²) in [4.78, 5) is 5.52. The van der Waals surface area contributed by atoms with Crippen LogP contribution in [-0.2, 0) is 0 Å². The quantitative estimate of drug-likeness (QED) is 0.209. The van der Waals surface area contributed by atoms with Gasteiger partial charge in [-0.3, -0.25) is 5.10 Å². The van der Waals surface area contributed by atoms with Gasteiger partial charge in [-0.1, -0.05) is 24.3 Å². The van der Waals surface area contributed by atoms with Crippen LogP contribution in [0.4, 0.5) is 4.39 Å². The average molecular weight is 521 g/mol. The van der Waals surface area contributed by atoms with Crippen LogP contribution < -0.4 is 4.74 Å². The molecule has 0 fully saturated rings. The van der Waals surface area contributed by atoms with Crippen LogP contribution in [0.3, 0.4) is 0 Å². The molecule has 7 heteroatoms. The third-order valence-corrected chi connectivity index (χ3v) is 6.87. The first-order chi connectivity index (χ1) is 18.8. The van der Waals surface area contributed by atoms with Crippen LogP contribution in [0.15, 0.2) is 78.9 Å². The Morgan fingerprint density at radius 2 is 1.74 bits per heavy atom. The van der Waals surface area contributed by atoms with Crippen molar-refractivity contribution >= 4 is 21.8 Å². The Labute approximate surface area is 225 Å². The van der Waals surface area contributed by atoms with Gasteiger partial charge in [0.15, 0.2) is 0 Å². The van der Waals surface area contributed by atoms with Crippen LogP contribution in [0.5, 0.6) is 11.5 Å². The van der Waals surface area contributed by atoms with Crippen LogP contribution in [-0.4, -0.2) is 52.4 Å². The molecule has 0 aliphatic heterocycles. The first kappa shape index (κ1) is 24.7. The van der Waals surface area contributed by atoms with Gasteiger partial charge in [-0.2, -0.15) is 5.10 Å². The molecular formula is C32H29FN4O2. The van der Waals surface area contributed by atoms with E-state index in [1.54, 1.807) is 12.1 Å². The fourth-order valence-electron chi connectivity index (χ4n) is 5.01. The van der Waals surface area contributed by atoms with Crippen molar-refractivity contribution in [3.63, 3.8) is 0 Å². The maximum Gasteiger partial charge on any atom is 0.127 e. The van der Waals surface area contributed by atoms with Crippen LogP contribution >= 0.6 is 0 Å². The van der Waals surface area contributed by atoms with E-state index >= 15 is 0 Å². The Hall–Kier alpha value is -4.62. The van der Waals surface area contributed by atoms with E-state index in [0.29, 0.717) is 12.4 Å². The van der Waals surface area contributed by atoms with E-state index in [4.69, 9.17) is 4.74 Å². The number of halogens is 1. The van der Waals surface area contributed by atoms with E-state index in [1.165, 1.54) is 12.1 Å². The number of aryl methyl sites for hydroxylation is 1. The van der Waals surface area contributed by atoms with Crippen molar-refractivity contribution in [1.29, 1.82) is 0 Å². The van der Waals surface area contributed by atoms with E-state index in [2.05, 4.69) is 27.3 Å². The van der Waals surface area contributed by atoms with Gasteiger partial charge in [-0.05, 0) is 97.4 Å². The molecule has 3 N–H and O–H groups in total. The number of fused-ring (bicyclic) bond motifs is 2. The molecule has 0 amide bonds. The highest BCUT2D eigenvalue weighted by molar-refractivity contribution is 6.02. The van der Waals surface area contributed by atoms with Crippen molar-refractivity contribution in [3.05, 3.63) is 90.2 Å². The van der Waals surface area contributed by atoms with E-state index in [9.17, 15) is 9.50 Å². The van der Waals surface area contributed by atoms with Gasteiger partial charge in [0.25, 0.3) is 0 Å². The first-order valence-corrected chi connectivity index (χ1v) is 12.8. The van der Waals surface area contributed by atoms with Gasteiger partial charge in [-0.25, -0.2) is 4.39 Å². The number of likely N-dealkylation sites (N-methyl/N-ethyl adjacent to an activating group) is 1. The molecule has 0 unspecified atom stereocenters. The third kappa shape index (κ3) is 4.96. The number of hydrogen-bond donors (Lipinski definition) is 3. The van der Waals surface area contributed by atoms with Gasteiger partial charge >= 0.3 is 0 Å². The number of aromatic nitrogens is 3. The molecule has 0 saturated heterocycles. The molecule has 0 aliphatic rings. The fourth-order valence-corrected chi connectivity index (χ4v) is 5.01. The van der Waals surface area contributed by atoms with Crippen LogP contribution in [0.1, 0.15) is 5.56 Å². The summed E-state index contributed by atoms with van der Waals surface area (Å²) >= 11 is 0. The summed E-state index contributed by atoms with van der Waals surface area (Å²) in [6, 6.07) is 24.5. The maximum absolute atomic E-state index is 14.6. The van der Waals surface area contributed by atoms with Crippen molar-refractivity contribution in [3.8, 4) is 45.1 Å². The second kappa shape index (κ2) is 9.93. The highest BCUT2D eigenvalue weighted by Crippen LogP contribution is 2.37. The molecular weight excluding hydrogens is 491 g/mol. The standard InChI is InChI=1S/C32H29FN4O2/c1-19-11-21(14-24(38)12-19)20-7-8-30-28(16-20)32(36-35-30)31-18-27-26(5-4-6-29(27)34-31)22-13-23(33)17-25(15-22)39-10-9-37(2)3/h4-8,11-18,34,38H,9-10H2,1-3H3,(H,35,36). The molecule has 0 bridgehead atoms. The maximum atomic E-state index is 14.6. The second-order valence-corrected chi connectivity index (χ2v) is 10.2. The smallest absolute Gasteiger partial charge is 0.127 e. The van der Waals surface area contributed by atoms with Crippen LogP contribution in [0.2, 0.25) is 0 Å². The van der Waals surface area contributed by atoms with Crippen LogP contribution in [0.25, 0.3) is 55.4 Å². The van der Waals surface area contributed by atoms with E-state index in [0.717, 1.165) is 67.6 Å². The summed E-state index contributed by atoms with van der Waals surface area (Å²) in [5, 5.41) is 19.8. The summed E-state index contributed by atoms with van der Waals surface area (Å²) in [7, 11) is 3.95. The highest BCUT2D eigenvalue weighted by atomic mass is 19.1. The highest BCUT2D eigenvalue weighted by Gasteiger charge is 2.15. The van der Waals surface area contributed by atoms with Crippen molar-refractivity contribution < 1.29 is 14.2 Å². The normalized spacial score (nSPS) is 11.6. The number of aromatic amines is 2. The molecule has 6 nitrogen and oxygen atoms in total. The Bertz CT molecular complexity index is 1800. The lowest BCUT2D eigenvalue weighted by atomic mass is 10.00. The summed E-state index contributed by atoms with van der Waals surface area (Å²) < 4.78 is 20.4. The second-order valence-electron chi connectivity index (χ2n) is 10.2. The Morgan fingerprint density at radius 3 is 2.56 bits per heavy atom. The minimum absolute atomic E-state index is 0.240. The van der Waals surface area contributed by atoms with E-state index in [-0.39, 0.29) is 11.6 Å². The van der Waals surface area contributed by atoms with Gasteiger partial charge < -0.3 is 19.7 Å². The number of hydrogen-bond acceptors (Lipinski definition) is 4. The number of benzene rings is 4. The third-order valence-electron chi connectivity index (χ3n) is 6.87. The van der Waals surface area contributed by atoms with Crippen molar-refractivity contribution in [2.45, 2.75) is 6.92 Å². The fraction of sp³-hybridized carbons (Fsp3) is 0.156. The lowest BCUT2D eigenvalue weighted by Crippen LogP contribution is -2.19. The predicted octanol–water partition coefficient (Wildman–Crippen LogP) is 7.14. The minimum Gasteiger partial charge on any atom is -0.508 e. The number of rotatable bonds is 7. The lowest BCUT2D eigenvalue weighted by Gasteiger charge is -2.12. The number of H-pyrrole nitrogens is 2. The summed E-state index contributed by atoms with van der Waals surface area (Å²) in [6.45, 7) is 3.18. The van der Waals surface area contributed by atoms with Crippen molar-refractivity contribution in [1.82, 2.24) is 20.1 Å². The average Bonchev–Trinajstić information content (AvgIpc) is 3.51. The van der Waals surface area contributed by atoms with Crippen molar-refractivity contribution in [2.24, 2.45) is 0 Å². The zero-order chi connectivity index (χ0) is 27.1. The number of ether oxygens (including phenoxy) is 1. The summed E-state index contributed by atoms with van der Waals surface area (Å²) in [5.41, 5.74) is 8.06. The van der Waals surface area contributed by atoms with E-state index in [1.807, 2.05) is 68.4 Å². The zero-order valence-corrected chi connectivity index (χ0v) is 22.0. The minimum atomic E-state index is -0.340. The Balaban J connectivity index is 1.41. The van der Waals surface area contributed by atoms with Gasteiger partial charge in [-0.15, -0.1) is 0 Å². The van der Waals surface area contributed by atoms with Gasteiger partial charge in [0.05, 0.1) is 11.2 Å². The zero-order valence-electron chi connectivity index (χ0n) is 22.0. The predicted molar refractivity (Wildman–Crippen MR) is 155 cm³/mol. The molecule has 39 heavy (non-hydrogen) atoms. The Kier molecular flexibility index (Phi) is 6.29. The molecule has 4 aromatic carbocycles. The van der Waals surface area contributed by atoms with Gasteiger partial charge in [0, 0.05) is 28.9 Å². The molecule has 0 aliphatic carbocycles. The molecule has 6 rings (SSSR count). The number of nitrogens with one attached hydrogen (secondary N) is 2. The SMILES string of the molecule is Cc1cc(O)cc(-c2ccc3[nH]nc(-c4cc5c(-c6cc(F)cc(OCCN(C)C)c6)cccc5[nH]4)c3c2)c1. The molecule has 0 spiro atoms. The largest absolute Gasteiger partial charge is 0.508 e. The van der Waals surface area contributed by atoms with Gasteiger partial charge in [0.1, 0.15) is 29.6 Å². The van der Waals surface area contributed by atoms with Crippen LogP contribution in [0, 0.1) is 12.7 Å². The molecule has 0 atom stereocenters. The molecule has 0 saturated carbocycles. The number of nitrogens with zero attached hydrogens (tertiary/aromatic N) is 2. The topological polar surface area (TPSA) is 77.2 Å². The summed E-state index contributed by atoms with van der Waals surface area (Å²) in [6.07, 6.45) is 0.